The topological polar surface area (TPSA) is 52.7 Å². The maximum atomic E-state index is 12.5. The highest BCUT2D eigenvalue weighted by molar-refractivity contribution is 5.88. The zero-order valence-corrected chi connectivity index (χ0v) is 13.8. The van der Waals surface area contributed by atoms with E-state index in [9.17, 15) is 9.59 Å². The Balaban J connectivity index is 1.50. The minimum atomic E-state index is -0.306. The van der Waals surface area contributed by atoms with Crippen LogP contribution in [0.1, 0.15) is 30.4 Å². The number of nitrogens with zero attached hydrogens (tertiary/aromatic N) is 2. The summed E-state index contributed by atoms with van der Waals surface area (Å²) < 4.78 is 0. The minimum absolute atomic E-state index is 0.00711. The molecule has 2 saturated heterocycles. The van der Waals surface area contributed by atoms with Gasteiger partial charge in [0.25, 0.3) is 0 Å². The molecule has 0 saturated carbocycles. The number of piperazine rings is 1. The monoisotopic (exact) mass is 315 g/mol. The van der Waals surface area contributed by atoms with Gasteiger partial charge in [-0.1, -0.05) is 29.8 Å². The first-order chi connectivity index (χ1) is 11.1. The van der Waals surface area contributed by atoms with E-state index in [1.165, 1.54) is 11.1 Å². The van der Waals surface area contributed by atoms with Crippen molar-refractivity contribution in [1.82, 2.24) is 15.1 Å². The number of hydrogen-bond donors (Lipinski definition) is 1. The molecule has 3 rings (SSSR count). The fraction of sp³-hybridized carbons (Fsp3) is 0.556. The Morgan fingerprint density at radius 1 is 1.26 bits per heavy atom. The predicted molar refractivity (Wildman–Crippen MR) is 88.8 cm³/mol. The Labute approximate surface area is 137 Å². The van der Waals surface area contributed by atoms with Crippen molar-refractivity contribution in [1.29, 1.82) is 0 Å². The Morgan fingerprint density at radius 2 is 2.04 bits per heavy atom. The van der Waals surface area contributed by atoms with E-state index >= 15 is 0 Å². The van der Waals surface area contributed by atoms with Crippen LogP contribution in [0.2, 0.25) is 0 Å². The number of benzene rings is 1. The third kappa shape index (κ3) is 4.10. The lowest BCUT2D eigenvalue weighted by atomic mass is 10.0. The standard InChI is InChI=1S/C18H25N3O2/c1-14-4-2-5-15(12-14)13-20-8-10-21(11-9-20)18(23)16-6-3-7-17(22)19-16/h2,4-5,12,16H,3,6-11,13H2,1H3,(H,19,22)/t16-/m0/s1. The van der Waals surface area contributed by atoms with Crippen LogP contribution < -0.4 is 5.32 Å². The summed E-state index contributed by atoms with van der Waals surface area (Å²) in [6.45, 7) is 6.32. The molecule has 1 aromatic rings. The van der Waals surface area contributed by atoms with Crippen molar-refractivity contribution >= 4 is 11.8 Å². The van der Waals surface area contributed by atoms with Crippen molar-refractivity contribution in [2.75, 3.05) is 26.2 Å². The van der Waals surface area contributed by atoms with Crippen LogP contribution in [0.25, 0.3) is 0 Å². The highest BCUT2D eigenvalue weighted by atomic mass is 16.2. The van der Waals surface area contributed by atoms with Gasteiger partial charge in [-0.3, -0.25) is 14.5 Å². The Kier molecular flexibility index (Phi) is 4.96. The van der Waals surface area contributed by atoms with Crippen molar-refractivity contribution in [3.8, 4) is 0 Å². The van der Waals surface area contributed by atoms with Crippen LogP contribution in [0.15, 0.2) is 24.3 Å². The molecule has 0 unspecified atom stereocenters. The molecule has 0 radical (unpaired) electrons. The Morgan fingerprint density at radius 3 is 2.74 bits per heavy atom. The second kappa shape index (κ2) is 7.13. The highest BCUT2D eigenvalue weighted by Gasteiger charge is 2.30. The van der Waals surface area contributed by atoms with Gasteiger partial charge in [0.15, 0.2) is 0 Å². The van der Waals surface area contributed by atoms with Crippen LogP contribution >= 0.6 is 0 Å². The SMILES string of the molecule is Cc1cccc(CN2CCN(C(=O)[C@@H]3CCCC(=O)N3)CC2)c1. The van der Waals surface area contributed by atoms with E-state index < -0.39 is 0 Å². The van der Waals surface area contributed by atoms with Crippen molar-refractivity contribution in [2.45, 2.75) is 38.8 Å². The van der Waals surface area contributed by atoms with Crippen molar-refractivity contribution in [3.63, 3.8) is 0 Å². The van der Waals surface area contributed by atoms with Gasteiger partial charge in [0.1, 0.15) is 6.04 Å². The van der Waals surface area contributed by atoms with Gasteiger partial charge in [-0.2, -0.15) is 0 Å². The zero-order chi connectivity index (χ0) is 16.2. The molecule has 2 heterocycles. The number of rotatable bonds is 3. The van der Waals surface area contributed by atoms with Gasteiger partial charge in [0.2, 0.25) is 11.8 Å². The fourth-order valence-electron chi connectivity index (χ4n) is 3.41. The van der Waals surface area contributed by atoms with E-state index in [1.807, 2.05) is 4.90 Å². The average Bonchev–Trinajstić information content (AvgIpc) is 2.55. The van der Waals surface area contributed by atoms with E-state index in [1.54, 1.807) is 0 Å². The fourth-order valence-corrected chi connectivity index (χ4v) is 3.41. The van der Waals surface area contributed by atoms with Gasteiger partial charge in [0.05, 0.1) is 0 Å². The summed E-state index contributed by atoms with van der Waals surface area (Å²) >= 11 is 0. The summed E-state index contributed by atoms with van der Waals surface area (Å²) in [5.41, 5.74) is 2.61. The smallest absolute Gasteiger partial charge is 0.245 e. The molecule has 0 aromatic heterocycles. The molecule has 5 nitrogen and oxygen atoms in total. The van der Waals surface area contributed by atoms with Crippen LogP contribution in [0.3, 0.4) is 0 Å². The Bertz CT molecular complexity index is 579. The van der Waals surface area contributed by atoms with E-state index in [2.05, 4.69) is 41.4 Å². The number of carbonyl (C=O) groups excluding carboxylic acids is 2. The Hall–Kier alpha value is -1.88. The zero-order valence-electron chi connectivity index (χ0n) is 13.8. The number of carbonyl (C=O) groups is 2. The van der Waals surface area contributed by atoms with E-state index in [0.29, 0.717) is 6.42 Å². The maximum Gasteiger partial charge on any atom is 0.245 e. The molecule has 2 fully saturated rings. The normalized spacial score (nSPS) is 22.7. The lowest BCUT2D eigenvalue weighted by Crippen LogP contribution is -2.55. The molecule has 0 bridgehead atoms. The average molecular weight is 315 g/mol. The first-order valence-corrected chi connectivity index (χ1v) is 8.48. The summed E-state index contributed by atoms with van der Waals surface area (Å²) in [5.74, 6) is 0.0981. The van der Waals surface area contributed by atoms with Crippen LogP contribution in [0, 0.1) is 6.92 Å². The molecule has 5 heteroatoms. The molecule has 2 aliphatic heterocycles. The number of amides is 2. The molecular formula is C18H25N3O2. The maximum absolute atomic E-state index is 12.5. The summed E-state index contributed by atoms with van der Waals surface area (Å²) in [5, 5.41) is 2.83. The molecule has 1 N–H and O–H groups in total. The van der Waals surface area contributed by atoms with Gasteiger partial charge in [-0.05, 0) is 25.3 Å². The lowest BCUT2D eigenvalue weighted by molar-refractivity contribution is -0.139. The molecule has 1 aromatic carbocycles. The first kappa shape index (κ1) is 16.0. The summed E-state index contributed by atoms with van der Waals surface area (Å²) in [4.78, 5) is 28.2. The molecule has 0 aliphatic carbocycles. The third-order valence-electron chi connectivity index (χ3n) is 4.70. The second-order valence-electron chi connectivity index (χ2n) is 6.60. The predicted octanol–water partition coefficient (Wildman–Crippen LogP) is 1.31. The summed E-state index contributed by atoms with van der Waals surface area (Å²) in [6.07, 6.45) is 2.14. The number of nitrogens with one attached hydrogen (secondary N) is 1. The van der Waals surface area contributed by atoms with Crippen LogP contribution in [0.4, 0.5) is 0 Å². The lowest BCUT2D eigenvalue weighted by Gasteiger charge is -2.37. The first-order valence-electron chi connectivity index (χ1n) is 8.48. The van der Waals surface area contributed by atoms with E-state index in [0.717, 1.165) is 45.6 Å². The second-order valence-corrected chi connectivity index (χ2v) is 6.60. The van der Waals surface area contributed by atoms with Gasteiger partial charge in [-0.25, -0.2) is 0 Å². The van der Waals surface area contributed by atoms with E-state index in [4.69, 9.17) is 0 Å². The van der Waals surface area contributed by atoms with Crippen molar-refractivity contribution < 1.29 is 9.59 Å². The third-order valence-corrected chi connectivity index (χ3v) is 4.70. The molecule has 2 aliphatic rings. The van der Waals surface area contributed by atoms with Gasteiger partial charge in [0, 0.05) is 39.1 Å². The molecular weight excluding hydrogens is 290 g/mol. The van der Waals surface area contributed by atoms with Crippen LogP contribution in [-0.2, 0) is 16.1 Å². The molecule has 0 spiro atoms. The highest BCUT2D eigenvalue weighted by Crippen LogP contribution is 2.14. The summed E-state index contributed by atoms with van der Waals surface area (Å²) in [6, 6.07) is 8.27. The van der Waals surface area contributed by atoms with Crippen LogP contribution in [-0.4, -0.2) is 53.8 Å². The van der Waals surface area contributed by atoms with Gasteiger partial charge >= 0.3 is 0 Å². The van der Waals surface area contributed by atoms with Gasteiger partial charge in [-0.15, -0.1) is 0 Å². The molecule has 124 valence electrons. The number of aryl methyl sites for hydroxylation is 1. The minimum Gasteiger partial charge on any atom is -0.344 e. The molecule has 1 atom stereocenters. The van der Waals surface area contributed by atoms with E-state index in [-0.39, 0.29) is 17.9 Å². The van der Waals surface area contributed by atoms with Crippen LogP contribution in [0.5, 0.6) is 0 Å². The van der Waals surface area contributed by atoms with Gasteiger partial charge < -0.3 is 10.2 Å². The van der Waals surface area contributed by atoms with Crippen molar-refractivity contribution in [3.05, 3.63) is 35.4 Å². The quantitative estimate of drug-likeness (QED) is 0.915. The van der Waals surface area contributed by atoms with Crippen molar-refractivity contribution in [2.24, 2.45) is 0 Å². The summed E-state index contributed by atoms with van der Waals surface area (Å²) in [7, 11) is 0. The molecule has 23 heavy (non-hydrogen) atoms. The number of hydrogen-bond acceptors (Lipinski definition) is 3. The largest absolute Gasteiger partial charge is 0.344 e. The number of piperidine rings is 1. The molecule has 2 amide bonds.